The van der Waals surface area contributed by atoms with Crippen LogP contribution < -0.4 is 4.90 Å². The number of aromatic nitrogens is 2. The Kier molecular flexibility index (Phi) is 5.28. The summed E-state index contributed by atoms with van der Waals surface area (Å²) in [4.78, 5) is 25.2. The van der Waals surface area contributed by atoms with Gasteiger partial charge in [0.25, 0.3) is 0 Å². The predicted molar refractivity (Wildman–Crippen MR) is 96.5 cm³/mol. The maximum Gasteiger partial charge on any atom is 0.227 e. The first-order valence-corrected chi connectivity index (χ1v) is 8.47. The highest BCUT2D eigenvalue weighted by Crippen LogP contribution is 2.25. The molecule has 1 atom stereocenters. The Labute approximate surface area is 148 Å². The Bertz CT molecular complexity index is 733. The molecule has 0 saturated carbocycles. The summed E-state index contributed by atoms with van der Waals surface area (Å²) in [6, 6.07) is 7.85. The minimum Gasteiger partial charge on any atom is -0.378 e. The number of ether oxygens (including phenoxy) is 1. The summed E-state index contributed by atoms with van der Waals surface area (Å²) in [7, 11) is 4.01. The van der Waals surface area contributed by atoms with E-state index in [1.54, 1.807) is 12.4 Å². The van der Waals surface area contributed by atoms with E-state index >= 15 is 0 Å². The van der Waals surface area contributed by atoms with E-state index in [0.29, 0.717) is 26.1 Å². The molecule has 0 unspecified atom stereocenters. The van der Waals surface area contributed by atoms with Crippen molar-refractivity contribution in [1.82, 2.24) is 14.9 Å². The van der Waals surface area contributed by atoms with E-state index < -0.39 is 0 Å². The van der Waals surface area contributed by atoms with Gasteiger partial charge in [-0.15, -0.1) is 0 Å². The van der Waals surface area contributed by atoms with Crippen LogP contribution in [0.15, 0.2) is 36.7 Å². The fraction of sp³-hybridized carbons (Fsp3) is 0.421. The van der Waals surface area contributed by atoms with Gasteiger partial charge in [-0.2, -0.15) is 0 Å². The van der Waals surface area contributed by atoms with Crippen LogP contribution in [0, 0.1) is 6.92 Å². The number of hydrogen-bond acceptors (Lipinski definition) is 5. The molecular weight excluding hydrogens is 316 g/mol. The summed E-state index contributed by atoms with van der Waals surface area (Å²) in [5.74, 6) is 0.0989. The Hall–Kier alpha value is -2.47. The van der Waals surface area contributed by atoms with Gasteiger partial charge in [0, 0.05) is 44.4 Å². The first-order chi connectivity index (χ1) is 12.0. The largest absolute Gasteiger partial charge is 0.378 e. The molecule has 0 spiro atoms. The third-order valence-electron chi connectivity index (χ3n) is 4.30. The smallest absolute Gasteiger partial charge is 0.227 e. The molecule has 2 aromatic rings. The number of hydrogen-bond donors (Lipinski definition) is 0. The molecule has 6 nitrogen and oxygen atoms in total. The van der Waals surface area contributed by atoms with Crippen molar-refractivity contribution in [1.29, 1.82) is 0 Å². The van der Waals surface area contributed by atoms with E-state index in [1.165, 1.54) is 0 Å². The Balaban J connectivity index is 1.72. The van der Waals surface area contributed by atoms with Crippen LogP contribution in [0.4, 0.5) is 5.69 Å². The highest BCUT2D eigenvalue weighted by molar-refractivity contribution is 5.78. The predicted octanol–water partition coefficient (Wildman–Crippen LogP) is 1.99. The van der Waals surface area contributed by atoms with Crippen LogP contribution in [-0.4, -0.2) is 54.6 Å². The summed E-state index contributed by atoms with van der Waals surface area (Å²) in [5.41, 5.74) is 3.84. The minimum atomic E-state index is -0.190. The van der Waals surface area contributed by atoms with Crippen molar-refractivity contribution in [2.75, 3.05) is 38.7 Å². The Morgan fingerprint density at radius 2 is 2.24 bits per heavy atom. The van der Waals surface area contributed by atoms with Gasteiger partial charge in [0.2, 0.25) is 5.91 Å². The van der Waals surface area contributed by atoms with Crippen molar-refractivity contribution in [3.8, 4) is 0 Å². The third kappa shape index (κ3) is 4.33. The maximum absolute atomic E-state index is 12.6. The summed E-state index contributed by atoms with van der Waals surface area (Å²) in [6.45, 7) is 3.64. The summed E-state index contributed by atoms with van der Waals surface area (Å²) in [6.07, 6.45) is 3.63. The summed E-state index contributed by atoms with van der Waals surface area (Å²) in [5, 5.41) is 0. The van der Waals surface area contributed by atoms with Gasteiger partial charge in [0.05, 0.1) is 25.3 Å². The number of morpholine rings is 1. The monoisotopic (exact) mass is 340 g/mol. The molecule has 6 heteroatoms. The van der Waals surface area contributed by atoms with Gasteiger partial charge in [-0.1, -0.05) is 6.07 Å². The second kappa shape index (κ2) is 7.61. The second-order valence-electron chi connectivity index (χ2n) is 6.52. The minimum absolute atomic E-state index is 0.0989. The quantitative estimate of drug-likeness (QED) is 0.852. The molecule has 0 bridgehead atoms. The molecule has 3 heterocycles. The lowest BCUT2D eigenvalue weighted by atomic mass is 10.1. The zero-order valence-electron chi connectivity index (χ0n) is 15.0. The zero-order valence-corrected chi connectivity index (χ0v) is 15.0. The van der Waals surface area contributed by atoms with Crippen molar-refractivity contribution in [2.45, 2.75) is 19.4 Å². The molecule has 3 rings (SSSR count). The fourth-order valence-electron chi connectivity index (χ4n) is 2.94. The molecular formula is C19H24N4O2. The molecule has 2 aromatic heterocycles. The third-order valence-corrected chi connectivity index (χ3v) is 4.30. The first-order valence-electron chi connectivity index (χ1n) is 8.47. The lowest BCUT2D eigenvalue weighted by molar-refractivity contribution is -0.138. The van der Waals surface area contributed by atoms with Gasteiger partial charge in [-0.25, -0.2) is 0 Å². The van der Waals surface area contributed by atoms with Gasteiger partial charge >= 0.3 is 0 Å². The number of pyridine rings is 2. The van der Waals surface area contributed by atoms with Crippen LogP contribution in [0.1, 0.15) is 23.1 Å². The van der Waals surface area contributed by atoms with Gasteiger partial charge in [-0.3, -0.25) is 14.8 Å². The van der Waals surface area contributed by atoms with Crippen molar-refractivity contribution in [2.24, 2.45) is 0 Å². The highest BCUT2D eigenvalue weighted by Gasteiger charge is 2.26. The lowest BCUT2D eigenvalue weighted by Crippen LogP contribution is -2.43. The standard InChI is InChI=1S/C19H24N4O2/c1-14-9-16(22(2)3)11-17(21-14)18-13-23(7-8-25-18)19(24)10-15-5-4-6-20-12-15/h4-6,9,11-12,18H,7-8,10,13H2,1-3H3/t18-/m0/s1. The fourth-order valence-corrected chi connectivity index (χ4v) is 2.94. The number of carbonyl (C=O) groups is 1. The average molecular weight is 340 g/mol. The van der Waals surface area contributed by atoms with Crippen LogP contribution in [0.3, 0.4) is 0 Å². The molecule has 1 saturated heterocycles. The van der Waals surface area contributed by atoms with E-state index in [2.05, 4.69) is 9.97 Å². The topological polar surface area (TPSA) is 58.6 Å². The van der Waals surface area contributed by atoms with Gasteiger partial charge in [0.15, 0.2) is 0 Å². The molecule has 0 aromatic carbocycles. The molecule has 1 aliphatic rings. The van der Waals surface area contributed by atoms with E-state index in [-0.39, 0.29) is 12.0 Å². The Morgan fingerprint density at radius 3 is 2.96 bits per heavy atom. The first kappa shape index (κ1) is 17.4. The van der Waals surface area contributed by atoms with Crippen LogP contribution in [0.2, 0.25) is 0 Å². The number of aryl methyl sites for hydroxylation is 1. The molecule has 1 aliphatic heterocycles. The molecule has 0 aliphatic carbocycles. The number of rotatable bonds is 4. The molecule has 1 fully saturated rings. The normalized spacial score (nSPS) is 17.4. The van der Waals surface area contributed by atoms with E-state index in [1.807, 2.05) is 55.1 Å². The van der Waals surface area contributed by atoms with E-state index in [9.17, 15) is 4.79 Å². The van der Waals surface area contributed by atoms with Crippen molar-refractivity contribution >= 4 is 11.6 Å². The number of amides is 1. The Morgan fingerprint density at radius 1 is 1.40 bits per heavy atom. The molecule has 0 radical (unpaired) electrons. The maximum atomic E-state index is 12.6. The van der Waals surface area contributed by atoms with Crippen molar-refractivity contribution < 1.29 is 9.53 Å². The zero-order chi connectivity index (χ0) is 17.8. The lowest BCUT2D eigenvalue weighted by Gasteiger charge is -2.33. The van der Waals surface area contributed by atoms with Gasteiger partial charge in [-0.05, 0) is 30.7 Å². The van der Waals surface area contributed by atoms with Crippen molar-refractivity contribution in [3.63, 3.8) is 0 Å². The summed E-state index contributed by atoms with van der Waals surface area (Å²) >= 11 is 0. The highest BCUT2D eigenvalue weighted by atomic mass is 16.5. The van der Waals surface area contributed by atoms with Crippen LogP contribution in [0.25, 0.3) is 0 Å². The average Bonchev–Trinajstić information content (AvgIpc) is 2.62. The van der Waals surface area contributed by atoms with Crippen molar-refractivity contribution in [3.05, 3.63) is 53.6 Å². The second-order valence-corrected chi connectivity index (χ2v) is 6.52. The van der Waals surface area contributed by atoms with Crippen LogP contribution >= 0.6 is 0 Å². The number of carbonyl (C=O) groups excluding carboxylic acids is 1. The van der Waals surface area contributed by atoms with Gasteiger partial charge in [0.1, 0.15) is 6.10 Å². The van der Waals surface area contributed by atoms with Crippen LogP contribution in [0.5, 0.6) is 0 Å². The SMILES string of the molecule is Cc1cc(N(C)C)cc([C@@H]2CN(C(=O)Cc3cccnc3)CCO2)n1. The molecule has 132 valence electrons. The van der Waals surface area contributed by atoms with Crippen LogP contribution in [-0.2, 0) is 16.0 Å². The van der Waals surface area contributed by atoms with E-state index in [0.717, 1.165) is 22.6 Å². The number of nitrogens with zero attached hydrogens (tertiary/aromatic N) is 4. The van der Waals surface area contributed by atoms with Gasteiger partial charge < -0.3 is 14.5 Å². The van der Waals surface area contributed by atoms with E-state index in [4.69, 9.17) is 4.74 Å². The molecule has 25 heavy (non-hydrogen) atoms. The number of anilines is 1. The molecule has 0 N–H and O–H groups in total. The summed E-state index contributed by atoms with van der Waals surface area (Å²) < 4.78 is 5.90. The molecule has 1 amide bonds.